The molecule has 15 heavy (non-hydrogen) atoms. The fourth-order valence-corrected chi connectivity index (χ4v) is 1.77. The molecule has 78 valence electrons. The van der Waals surface area contributed by atoms with Crippen LogP contribution >= 0.6 is 0 Å². The molecule has 4 heteroatoms. The number of quaternary nitrogens is 1. The van der Waals surface area contributed by atoms with E-state index in [0.29, 0.717) is 13.1 Å². The highest BCUT2D eigenvalue weighted by molar-refractivity contribution is 5.97. The van der Waals surface area contributed by atoms with E-state index in [1.54, 1.807) is 0 Å². The first-order chi connectivity index (χ1) is 7.24. The Kier molecular flexibility index (Phi) is 2.78. The Hall–Kier alpha value is -1.68. The van der Waals surface area contributed by atoms with Gasteiger partial charge in [0.25, 0.3) is 11.8 Å². The molecule has 2 N–H and O–H groups in total. The van der Waals surface area contributed by atoms with Crippen molar-refractivity contribution in [1.29, 1.82) is 0 Å². The van der Waals surface area contributed by atoms with Crippen LogP contribution in [0.4, 0.5) is 0 Å². The molecule has 2 rings (SSSR count). The molecule has 0 bridgehead atoms. The molecule has 1 aromatic rings. The highest BCUT2D eigenvalue weighted by atomic mass is 16.2. The molecule has 0 aromatic heterocycles. The van der Waals surface area contributed by atoms with Crippen LogP contribution in [0.3, 0.4) is 0 Å². The normalized spacial score (nSPS) is 17.6. The molecule has 1 aliphatic rings. The highest BCUT2D eigenvalue weighted by Gasteiger charge is 2.25. The Morgan fingerprint density at radius 2 is 1.67 bits per heavy atom. The molecule has 1 aromatic carbocycles. The molecule has 0 atom stereocenters. The van der Waals surface area contributed by atoms with Crippen molar-refractivity contribution in [3.8, 4) is 0 Å². The van der Waals surface area contributed by atoms with Gasteiger partial charge in [-0.1, -0.05) is 30.3 Å². The molecule has 0 unspecified atom stereocenters. The van der Waals surface area contributed by atoms with E-state index in [2.05, 4.69) is 5.32 Å². The number of hydrogen-bond donors (Lipinski definition) is 2. The van der Waals surface area contributed by atoms with Gasteiger partial charge < -0.3 is 4.90 Å². The van der Waals surface area contributed by atoms with Crippen LogP contribution in [0.25, 0.3) is 0 Å². The second-order valence-corrected chi connectivity index (χ2v) is 3.74. The van der Waals surface area contributed by atoms with Gasteiger partial charge in [0.15, 0.2) is 13.1 Å². The maximum atomic E-state index is 11.1. The zero-order chi connectivity index (χ0) is 10.7. The fraction of sp³-hybridized carbons (Fsp3) is 0.273. The van der Waals surface area contributed by atoms with E-state index in [1.165, 1.54) is 0 Å². The molecule has 4 nitrogen and oxygen atoms in total. The van der Waals surface area contributed by atoms with Gasteiger partial charge in [-0.05, 0) is 0 Å². The maximum absolute atomic E-state index is 11.1. The second-order valence-electron chi connectivity index (χ2n) is 3.74. The number of amides is 2. The minimum atomic E-state index is -0.183. The summed E-state index contributed by atoms with van der Waals surface area (Å²) in [4.78, 5) is 23.2. The third-order valence-electron chi connectivity index (χ3n) is 2.40. The number of carbonyl (C=O) groups is 2. The van der Waals surface area contributed by atoms with Gasteiger partial charge in [-0.2, -0.15) is 0 Å². The monoisotopic (exact) mass is 205 g/mol. The Bertz CT molecular complexity index is 359. The van der Waals surface area contributed by atoms with Crippen molar-refractivity contribution in [2.75, 3.05) is 13.1 Å². The predicted octanol–water partition coefficient (Wildman–Crippen LogP) is -1.27. The van der Waals surface area contributed by atoms with Crippen LogP contribution in [0.2, 0.25) is 0 Å². The first-order valence-corrected chi connectivity index (χ1v) is 4.94. The minimum Gasteiger partial charge on any atom is -0.316 e. The fourth-order valence-electron chi connectivity index (χ4n) is 1.77. The Morgan fingerprint density at radius 1 is 1.07 bits per heavy atom. The highest BCUT2D eigenvalue weighted by Crippen LogP contribution is 1.95. The summed E-state index contributed by atoms with van der Waals surface area (Å²) in [5.41, 5.74) is 1.15. The number of imide groups is 1. The number of hydrogen-bond acceptors (Lipinski definition) is 2. The lowest BCUT2D eigenvalue weighted by molar-refractivity contribution is -0.899. The number of nitrogens with one attached hydrogen (secondary N) is 2. The van der Waals surface area contributed by atoms with Crippen molar-refractivity contribution in [2.24, 2.45) is 0 Å². The maximum Gasteiger partial charge on any atom is 0.281 e. The van der Waals surface area contributed by atoms with Gasteiger partial charge in [-0.15, -0.1) is 0 Å². The summed E-state index contributed by atoms with van der Waals surface area (Å²) in [5.74, 6) is -0.366. The van der Waals surface area contributed by atoms with E-state index in [9.17, 15) is 9.59 Å². The van der Waals surface area contributed by atoms with Crippen LogP contribution in [-0.4, -0.2) is 24.9 Å². The topological polar surface area (TPSA) is 50.6 Å². The van der Waals surface area contributed by atoms with Crippen LogP contribution in [0.5, 0.6) is 0 Å². The Balaban J connectivity index is 2.00. The first kappa shape index (κ1) is 9.86. The average Bonchev–Trinajstić information content (AvgIpc) is 2.17. The van der Waals surface area contributed by atoms with Crippen LogP contribution in [0.15, 0.2) is 30.3 Å². The molecule has 1 fully saturated rings. The van der Waals surface area contributed by atoms with Crippen molar-refractivity contribution in [2.45, 2.75) is 6.54 Å². The molecule has 0 saturated carbocycles. The summed E-state index contributed by atoms with van der Waals surface area (Å²) in [7, 11) is 0. The molecule has 2 amide bonds. The lowest BCUT2D eigenvalue weighted by atomic mass is 10.2. The first-order valence-electron chi connectivity index (χ1n) is 4.94. The number of rotatable bonds is 2. The number of piperazine rings is 1. The molecule has 1 heterocycles. The van der Waals surface area contributed by atoms with Gasteiger partial charge in [0, 0.05) is 5.56 Å². The van der Waals surface area contributed by atoms with Crippen LogP contribution < -0.4 is 10.2 Å². The van der Waals surface area contributed by atoms with E-state index in [-0.39, 0.29) is 11.8 Å². The zero-order valence-electron chi connectivity index (χ0n) is 8.32. The van der Waals surface area contributed by atoms with Gasteiger partial charge >= 0.3 is 0 Å². The minimum absolute atomic E-state index is 0.183. The smallest absolute Gasteiger partial charge is 0.281 e. The van der Waals surface area contributed by atoms with Crippen molar-refractivity contribution >= 4 is 11.8 Å². The molecular formula is C11H13N2O2+. The molecule has 1 aliphatic heterocycles. The van der Waals surface area contributed by atoms with Crippen molar-refractivity contribution in [3.05, 3.63) is 35.9 Å². The summed E-state index contributed by atoms with van der Waals surface area (Å²) in [6.45, 7) is 1.47. The van der Waals surface area contributed by atoms with Crippen LogP contribution in [0.1, 0.15) is 5.56 Å². The van der Waals surface area contributed by atoms with Gasteiger partial charge in [0.05, 0.1) is 0 Å². The summed E-state index contributed by atoms with van der Waals surface area (Å²) in [6.07, 6.45) is 0. The molecule has 0 radical (unpaired) electrons. The lowest BCUT2D eigenvalue weighted by Gasteiger charge is -2.22. The number of benzene rings is 1. The summed E-state index contributed by atoms with van der Waals surface area (Å²) >= 11 is 0. The third-order valence-corrected chi connectivity index (χ3v) is 2.40. The van der Waals surface area contributed by atoms with Gasteiger partial charge in [-0.25, -0.2) is 0 Å². The molecular weight excluding hydrogens is 192 g/mol. The van der Waals surface area contributed by atoms with E-state index in [1.807, 2.05) is 30.3 Å². The zero-order valence-corrected chi connectivity index (χ0v) is 8.32. The SMILES string of the molecule is O=C1C[NH+](Cc2ccccc2)CC(=O)N1. The standard InChI is InChI=1S/C11H12N2O2/c14-10-7-13(8-11(15)12-10)6-9-4-2-1-3-5-9/h1-5H,6-8H2,(H,12,14,15)/p+1. The summed E-state index contributed by atoms with van der Waals surface area (Å²) in [6, 6.07) is 9.88. The Labute approximate surface area is 87.9 Å². The van der Waals surface area contributed by atoms with Crippen LogP contribution in [-0.2, 0) is 16.1 Å². The quantitative estimate of drug-likeness (QED) is 0.591. The summed E-state index contributed by atoms with van der Waals surface area (Å²) in [5, 5.41) is 2.30. The molecule has 1 saturated heterocycles. The van der Waals surface area contributed by atoms with E-state index >= 15 is 0 Å². The second kappa shape index (κ2) is 4.23. The average molecular weight is 205 g/mol. The number of carbonyl (C=O) groups excluding carboxylic acids is 2. The summed E-state index contributed by atoms with van der Waals surface area (Å²) < 4.78 is 0. The van der Waals surface area contributed by atoms with Crippen molar-refractivity contribution in [1.82, 2.24) is 5.32 Å². The molecule has 0 spiro atoms. The van der Waals surface area contributed by atoms with E-state index in [4.69, 9.17) is 0 Å². The predicted molar refractivity (Wildman–Crippen MR) is 54.0 cm³/mol. The lowest BCUT2D eigenvalue weighted by Crippen LogP contribution is -3.14. The third kappa shape index (κ3) is 2.63. The largest absolute Gasteiger partial charge is 0.316 e. The van der Waals surface area contributed by atoms with Gasteiger partial charge in [0.2, 0.25) is 0 Å². The van der Waals surface area contributed by atoms with Crippen molar-refractivity contribution in [3.63, 3.8) is 0 Å². The van der Waals surface area contributed by atoms with E-state index in [0.717, 1.165) is 17.0 Å². The van der Waals surface area contributed by atoms with Crippen molar-refractivity contribution < 1.29 is 14.5 Å². The van der Waals surface area contributed by atoms with E-state index < -0.39 is 0 Å². The van der Waals surface area contributed by atoms with Gasteiger partial charge in [0.1, 0.15) is 6.54 Å². The molecule has 0 aliphatic carbocycles. The van der Waals surface area contributed by atoms with Crippen LogP contribution in [0, 0.1) is 0 Å². The Morgan fingerprint density at radius 3 is 2.27 bits per heavy atom. The van der Waals surface area contributed by atoms with Gasteiger partial charge in [-0.3, -0.25) is 14.9 Å².